The van der Waals surface area contributed by atoms with Crippen LogP contribution >= 0.6 is 0 Å². The molecule has 0 bridgehead atoms. The molecule has 0 aromatic heterocycles. The number of carbonyl (C=O) groups is 3. The Bertz CT molecular complexity index is 1240. The van der Waals surface area contributed by atoms with E-state index in [1.807, 2.05) is 61.5 Å². The molecule has 34 heavy (non-hydrogen) atoms. The number of esters is 1. The number of nitrogens with zero attached hydrogens (tertiary/aromatic N) is 2. The summed E-state index contributed by atoms with van der Waals surface area (Å²) in [4.78, 5) is 46.4. The molecule has 2 fully saturated rings. The number of hydrogen-bond acceptors (Lipinski definition) is 6. The first-order valence-electron chi connectivity index (χ1n) is 11.2. The van der Waals surface area contributed by atoms with Gasteiger partial charge in [0, 0.05) is 0 Å². The molecule has 5 rings (SSSR count). The van der Waals surface area contributed by atoms with Gasteiger partial charge in [-0.25, -0.2) is 14.8 Å². The second-order valence-electron chi connectivity index (χ2n) is 8.30. The number of para-hydroxylation sites is 1. The SMILES string of the molecule is CCOC(=O)c1ccc(N2C(=O)C3ON(c4ccccc4C)C(c4ccccc4)C3C2=O)cc1. The standard InChI is InChI=1S/C27H24N2O5/c1-3-33-27(32)19-13-15-20(16-14-19)28-25(30)22-23(18-10-5-4-6-11-18)29(34-24(22)26(28)31)21-12-8-7-9-17(21)2/h4-16,22-24H,3H2,1-2H3. The molecule has 0 radical (unpaired) electrons. The maximum absolute atomic E-state index is 13.7. The van der Waals surface area contributed by atoms with Crippen molar-refractivity contribution in [2.24, 2.45) is 5.92 Å². The summed E-state index contributed by atoms with van der Waals surface area (Å²) >= 11 is 0. The summed E-state index contributed by atoms with van der Waals surface area (Å²) < 4.78 is 5.01. The lowest BCUT2D eigenvalue weighted by Gasteiger charge is -2.29. The third-order valence-corrected chi connectivity index (χ3v) is 6.25. The lowest BCUT2D eigenvalue weighted by Crippen LogP contribution is -2.37. The van der Waals surface area contributed by atoms with Crippen molar-refractivity contribution in [3.05, 3.63) is 95.6 Å². The van der Waals surface area contributed by atoms with E-state index in [1.54, 1.807) is 36.3 Å². The number of imide groups is 1. The normalized spacial score (nSPS) is 21.6. The quantitative estimate of drug-likeness (QED) is 0.423. The molecular weight excluding hydrogens is 432 g/mol. The van der Waals surface area contributed by atoms with Crippen LogP contribution in [0.1, 0.15) is 34.5 Å². The summed E-state index contributed by atoms with van der Waals surface area (Å²) in [7, 11) is 0. The lowest BCUT2D eigenvalue weighted by atomic mass is 9.90. The summed E-state index contributed by atoms with van der Waals surface area (Å²) in [6.45, 7) is 3.97. The van der Waals surface area contributed by atoms with Gasteiger partial charge in [-0.05, 0) is 55.3 Å². The van der Waals surface area contributed by atoms with Crippen LogP contribution in [0.5, 0.6) is 0 Å². The van der Waals surface area contributed by atoms with Crippen LogP contribution in [0.3, 0.4) is 0 Å². The van der Waals surface area contributed by atoms with Gasteiger partial charge in [0.15, 0.2) is 6.10 Å². The topological polar surface area (TPSA) is 76.2 Å². The van der Waals surface area contributed by atoms with Gasteiger partial charge in [-0.15, -0.1) is 0 Å². The lowest BCUT2D eigenvalue weighted by molar-refractivity contribution is -0.126. The first-order valence-corrected chi connectivity index (χ1v) is 11.2. The van der Waals surface area contributed by atoms with Crippen LogP contribution in [0.15, 0.2) is 78.9 Å². The van der Waals surface area contributed by atoms with Crippen LogP contribution in [0.2, 0.25) is 0 Å². The number of ether oxygens (including phenoxy) is 1. The van der Waals surface area contributed by atoms with Gasteiger partial charge >= 0.3 is 5.97 Å². The Morgan fingerprint density at radius 1 is 0.912 bits per heavy atom. The Balaban J connectivity index is 1.51. The van der Waals surface area contributed by atoms with Crippen LogP contribution < -0.4 is 9.96 Å². The first-order chi connectivity index (χ1) is 16.5. The fraction of sp³-hybridized carbons (Fsp3) is 0.222. The van der Waals surface area contributed by atoms with E-state index in [4.69, 9.17) is 9.57 Å². The van der Waals surface area contributed by atoms with Crippen molar-refractivity contribution in [3.63, 3.8) is 0 Å². The van der Waals surface area contributed by atoms with Gasteiger partial charge in [-0.2, -0.15) is 0 Å². The number of hydrogen-bond donors (Lipinski definition) is 0. The zero-order chi connectivity index (χ0) is 23.8. The molecule has 7 heteroatoms. The summed E-state index contributed by atoms with van der Waals surface area (Å²) in [5.74, 6) is -1.91. The molecule has 2 amide bonds. The Kier molecular flexibility index (Phi) is 5.63. The van der Waals surface area contributed by atoms with Gasteiger partial charge in [0.2, 0.25) is 5.91 Å². The number of amides is 2. The maximum Gasteiger partial charge on any atom is 0.338 e. The number of hydroxylamine groups is 1. The minimum absolute atomic E-state index is 0.267. The van der Waals surface area contributed by atoms with Gasteiger partial charge in [-0.3, -0.25) is 14.4 Å². The van der Waals surface area contributed by atoms with E-state index in [1.165, 1.54) is 0 Å². The number of carbonyl (C=O) groups excluding carboxylic acids is 3. The molecule has 3 atom stereocenters. The van der Waals surface area contributed by atoms with Crippen molar-refractivity contribution < 1.29 is 24.0 Å². The molecule has 7 nitrogen and oxygen atoms in total. The van der Waals surface area contributed by atoms with Crippen molar-refractivity contribution in [1.82, 2.24) is 0 Å². The highest BCUT2D eigenvalue weighted by Gasteiger charge is 2.60. The zero-order valence-electron chi connectivity index (χ0n) is 18.9. The summed E-state index contributed by atoms with van der Waals surface area (Å²) in [5, 5.41) is 1.71. The minimum Gasteiger partial charge on any atom is -0.462 e. The molecule has 0 N–H and O–H groups in total. The predicted octanol–water partition coefficient (Wildman–Crippen LogP) is 4.22. The fourth-order valence-electron chi connectivity index (χ4n) is 4.64. The van der Waals surface area contributed by atoms with E-state index in [0.29, 0.717) is 11.3 Å². The van der Waals surface area contributed by atoms with Crippen molar-refractivity contribution in [3.8, 4) is 0 Å². The molecule has 2 heterocycles. The minimum atomic E-state index is -0.943. The average Bonchev–Trinajstić information content (AvgIpc) is 3.36. The van der Waals surface area contributed by atoms with Gasteiger partial charge in [0.25, 0.3) is 5.91 Å². The number of fused-ring (bicyclic) bond motifs is 1. The molecule has 0 spiro atoms. The number of rotatable bonds is 5. The Morgan fingerprint density at radius 2 is 1.59 bits per heavy atom. The summed E-state index contributed by atoms with van der Waals surface area (Å²) in [6.07, 6.45) is -0.943. The Morgan fingerprint density at radius 3 is 2.26 bits per heavy atom. The van der Waals surface area contributed by atoms with Crippen molar-refractivity contribution in [2.45, 2.75) is 26.0 Å². The molecule has 0 saturated carbocycles. The fourth-order valence-corrected chi connectivity index (χ4v) is 4.64. The van der Waals surface area contributed by atoms with E-state index in [2.05, 4.69) is 0 Å². The van der Waals surface area contributed by atoms with Crippen molar-refractivity contribution >= 4 is 29.2 Å². The van der Waals surface area contributed by atoms with Crippen LogP contribution in [-0.2, 0) is 19.2 Å². The number of aryl methyl sites for hydroxylation is 1. The smallest absolute Gasteiger partial charge is 0.338 e. The van der Waals surface area contributed by atoms with E-state index in [9.17, 15) is 14.4 Å². The van der Waals surface area contributed by atoms with Crippen LogP contribution in [0.4, 0.5) is 11.4 Å². The molecule has 3 aromatic carbocycles. The Labute approximate surface area is 197 Å². The molecular formula is C27H24N2O5. The average molecular weight is 456 g/mol. The third-order valence-electron chi connectivity index (χ3n) is 6.25. The third kappa shape index (κ3) is 3.54. The molecule has 3 unspecified atom stereocenters. The van der Waals surface area contributed by atoms with E-state index >= 15 is 0 Å². The zero-order valence-corrected chi connectivity index (χ0v) is 18.9. The van der Waals surface area contributed by atoms with Gasteiger partial charge in [-0.1, -0.05) is 48.5 Å². The molecule has 172 valence electrons. The second kappa shape index (κ2) is 8.76. The van der Waals surface area contributed by atoms with Gasteiger partial charge < -0.3 is 4.74 Å². The number of anilines is 2. The second-order valence-corrected chi connectivity index (χ2v) is 8.30. The Hall–Kier alpha value is -3.97. The molecule has 0 aliphatic carbocycles. The van der Waals surface area contributed by atoms with Crippen LogP contribution in [-0.4, -0.2) is 30.5 Å². The van der Waals surface area contributed by atoms with Crippen molar-refractivity contribution in [1.29, 1.82) is 0 Å². The van der Waals surface area contributed by atoms with Crippen LogP contribution in [0, 0.1) is 12.8 Å². The maximum atomic E-state index is 13.7. The van der Waals surface area contributed by atoms with Crippen molar-refractivity contribution in [2.75, 3.05) is 16.6 Å². The number of benzene rings is 3. The molecule has 3 aromatic rings. The first kappa shape index (κ1) is 21.9. The van der Waals surface area contributed by atoms with Gasteiger partial charge in [0.05, 0.1) is 29.6 Å². The predicted molar refractivity (Wildman–Crippen MR) is 126 cm³/mol. The molecule has 2 saturated heterocycles. The molecule has 2 aliphatic rings. The monoisotopic (exact) mass is 456 g/mol. The van der Waals surface area contributed by atoms with Crippen LogP contribution in [0.25, 0.3) is 0 Å². The van der Waals surface area contributed by atoms with E-state index in [-0.39, 0.29) is 12.5 Å². The largest absolute Gasteiger partial charge is 0.462 e. The summed E-state index contributed by atoms with van der Waals surface area (Å²) in [5.41, 5.74) is 3.44. The van der Waals surface area contributed by atoms with E-state index < -0.39 is 29.9 Å². The van der Waals surface area contributed by atoms with E-state index in [0.717, 1.165) is 21.7 Å². The summed E-state index contributed by atoms with van der Waals surface area (Å²) in [6, 6.07) is 23.1. The molecule has 2 aliphatic heterocycles. The highest BCUT2D eigenvalue weighted by Crippen LogP contribution is 2.48. The van der Waals surface area contributed by atoms with Gasteiger partial charge in [0.1, 0.15) is 5.92 Å². The highest BCUT2D eigenvalue weighted by atomic mass is 16.7. The highest BCUT2D eigenvalue weighted by molar-refractivity contribution is 6.24.